The van der Waals surface area contributed by atoms with E-state index in [2.05, 4.69) is 20.3 Å². The highest BCUT2D eigenvalue weighted by molar-refractivity contribution is 5.67. The van der Waals surface area contributed by atoms with Gasteiger partial charge in [-0.25, -0.2) is 9.07 Å². The first kappa shape index (κ1) is 24.6. The Balaban J connectivity index is 2.10. The predicted molar refractivity (Wildman–Crippen MR) is 110 cm³/mol. The van der Waals surface area contributed by atoms with Crippen molar-refractivity contribution in [1.29, 1.82) is 0 Å². The fourth-order valence-corrected chi connectivity index (χ4v) is 3.55. The van der Waals surface area contributed by atoms with E-state index >= 15 is 0 Å². The van der Waals surface area contributed by atoms with Crippen LogP contribution >= 0.6 is 0 Å². The normalized spacial score (nSPS) is 23.9. The number of benzene rings is 1. The van der Waals surface area contributed by atoms with Crippen molar-refractivity contribution in [3.8, 4) is 11.3 Å². The van der Waals surface area contributed by atoms with Gasteiger partial charge in [-0.05, 0) is 17.7 Å². The Morgan fingerprint density at radius 2 is 1.88 bits per heavy atom. The van der Waals surface area contributed by atoms with E-state index in [1.54, 1.807) is 6.07 Å². The number of aromatic nitrogens is 3. The van der Waals surface area contributed by atoms with Gasteiger partial charge in [0.2, 0.25) is 0 Å². The van der Waals surface area contributed by atoms with E-state index in [4.69, 9.17) is 24.5 Å². The standard InChI is InChI=1S/C20H21FN6O7/c1-10(28)31-9-16-18(32-11(2)29)17(19(33-12(3)30)20(34-16)24-25-22)27-8-15(23-26-27)13-5-4-6-14(21)7-13/h4-8,16-20H,9H2,1-3H3/t16?,17?,18-,19?,20?/m0/s1. The summed E-state index contributed by atoms with van der Waals surface area (Å²) in [5, 5.41) is 11.6. The van der Waals surface area contributed by atoms with Crippen molar-refractivity contribution >= 4 is 17.9 Å². The van der Waals surface area contributed by atoms with Gasteiger partial charge in [-0.1, -0.05) is 22.5 Å². The van der Waals surface area contributed by atoms with Crippen molar-refractivity contribution in [3.63, 3.8) is 0 Å². The van der Waals surface area contributed by atoms with Crippen LogP contribution in [0.3, 0.4) is 0 Å². The summed E-state index contributed by atoms with van der Waals surface area (Å²) >= 11 is 0. The lowest BCUT2D eigenvalue weighted by Gasteiger charge is -2.43. The second-order valence-electron chi connectivity index (χ2n) is 7.31. The molecule has 1 aromatic carbocycles. The third kappa shape index (κ3) is 5.85. The van der Waals surface area contributed by atoms with Crippen LogP contribution in [-0.4, -0.2) is 64.0 Å². The van der Waals surface area contributed by atoms with Crippen molar-refractivity contribution in [1.82, 2.24) is 15.0 Å². The monoisotopic (exact) mass is 476 g/mol. The van der Waals surface area contributed by atoms with E-state index in [9.17, 15) is 18.8 Å². The minimum Gasteiger partial charge on any atom is -0.463 e. The highest BCUT2D eigenvalue weighted by atomic mass is 19.1. The van der Waals surface area contributed by atoms with Crippen molar-refractivity contribution in [2.45, 2.75) is 51.4 Å². The smallest absolute Gasteiger partial charge is 0.303 e. The third-order valence-electron chi connectivity index (χ3n) is 4.79. The number of azide groups is 1. The van der Waals surface area contributed by atoms with Crippen molar-refractivity contribution in [2.75, 3.05) is 6.61 Å². The zero-order valence-corrected chi connectivity index (χ0v) is 18.4. The minimum absolute atomic E-state index is 0.269. The lowest BCUT2D eigenvalue weighted by Crippen LogP contribution is -2.58. The van der Waals surface area contributed by atoms with Gasteiger partial charge in [0.1, 0.15) is 30.3 Å². The molecular weight excluding hydrogens is 455 g/mol. The average Bonchev–Trinajstić information content (AvgIpc) is 3.23. The summed E-state index contributed by atoms with van der Waals surface area (Å²) in [6, 6.07) is 4.52. The summed E-state index contributed by atoms with van der Waals surface area (Å²) < 4.78 is 36.5. The number of nitrogens with zero attached hydrogens (tertiary/aromatic N) is 6. The molecule has 180 valence electrons. The first-order valence-corrected chi connectivity index (χ1v) is 10.0. The number of carbonyl (C=O) groups is 3. The Morgan fingerprint density at radius 3 is 2.50 bits per heavy atom. The molecule has 2 heterocycles. The molecule has 0 saturated carbocycles. The van der Waals surface area contributed by atoms with Gasteiger partial charge in [-0.15, -0.1) is 5.10 Å². The van der Waals surface area contributed by atoms with Crippen LogP contribution in [0, 0.1) is 5.82 Å². The molecule has 3 rings (SSSR count). The van der Waals surface area contributed by atoms with Gasteiger partial charge in [0, 0.05) is 31.2 Å². The van der Waals surface area contributed by atoms with E-state index in [0.29, 0.717) is 5.56 Å². The molecule has 1 saturated heterocycles. The fraction of sp³-hybridized carbons (Fsp3) is 0.450. The number of esters is 3. The minimum atomic E-state index is -1.38. The SMILES string of the molecule is CC(=O)OCC1OC(N=[N+]=[N-])C(OC(C)=O)C(n2cc(-c3cccc(F)c3)nn2)[C@H]1OC(C)=O. The quantitative estimate of drug-likeness (QED) is 0.191. The number of ether oxygens (including phenoxy) is 4. The predicted octanol–water partition coefficient (Wildman–Crippen LogP) is 2.09. The molecule has 4 unspecified atom stereocenters. The molecule has 5 atom stereocenters. The van der Waals surface area contributed by atoms with Crippen LogP contribution in [-0.2, 0) is 33.3 Å². The largest absolute Gasteiger partial charge is 0.463 e. The van der Waals surface area contributed by atoms with E-state index < -0.39 is 54.3 Å². The van der Waals surface area contributed by atoms with Crippen LogP contribution in [0.2, 0.25) is 0 Å². The van der Waals surface area contributed by atoms with Crippen molar-refractivity contribution in [3.05, 3.63) is 46.7 Å². The molecule has 0 bridgehead atoms. The summed E-state index contributed by atoms with van der Waals surface area (Å²) in [5.74, 6) is -2.56. The van der Waals surface area contributed by atoms with Crippen LogP contribution in [0.25, 0.3) is 21.7 Å². The van der Waals surface area contributed by atoms with Crippen LogP contribution in [0.15, 0.2) is 35.6 Å². The second-order valence-corrected chi connectivity index (χ2v) is 7.31. The third-order valence-corrected chi connectivity index (χ3v) is 4.79. The topological polar surface area (TPSA) is 168 Å². The fourth-order valence-electron chi connectivity index (χ4n) is 3.55. The molecule has 0 amide bonds. The molecule has 0 aliphatic carbocycles. The molecule has 0 radical (unpaired) electrons. The number of halogens is 1. The maximum atomic E-state index is 13.7. The van der Waals surface area contributed by atoms with Gasteiger partial charge >= 0.3 is 17.9 Å². The molecule has 34 heavy (non-hydrogen) atoms. The maximum absolute atomic E-state index is 13.7. The van der Waals surface area contributed by atoms with Gasteiger partial charge < -0.3 is 18.9 Å². The van der Waals surface area contributed by atoms with E-state index in [-0.39, 0.29) is 12.3 Å². The van der Waals surface area contributed by atoms with Crippen LogP contribution in [0.4, 0.5) is 4.39 Å². The molecular formula is C20H21FN6O7. The van der Waals surface area contributed by atoms with Crippen molar-refractivity contribution in [2.24, 2.45) is 5.11 Å². The Hall–Kier alpha value is -4.03. The molecule has 0 spiro atoms. The highest BCUT2D eigenvalue weighted by Crippen LogP contribution is 2.36. The number of rotatable bonds is 7. The summed E-state index contributed by atoms with van der Waals surface area (Å²) in [4.78, 5) is 37.9. The molecule has 1 aliphatic heterocycles. The first-order valence-electron chi connectivity index (χ1n) is 10.0. The number of carbonyl (C=O) groups excluding carboxylic acids is 3. The van der Waals surface area contributed by atoms with E-state index in [1.807, 2.05) is 0 Å². The van der Waals surface area contributed by atoms with Gasteiger partial charge in [0.05, 0.1) is 6.20 Å². The van der Waals surface area contributed by atoms with Gasteiger partial charge in [-0.2, -0.15) is 0 Å². The summed E-state index contributed by atoms with van der Waals surface area (Å²) in [7, 11) is 0. The molecule has 1 aliphatic rings. The van der Waals surface area contributed by atoms with Gasteiger partial charge in [0.15, 0.2) is 18.4 Å². The summed E-state index contributed by atoms with van der Waals surface area (Å²) in [6.45, 7) is 3.10. The summed E-state index contributed by atoms with van der Waals surface area (Å²) in [5.41, 5.74) is 9.70. The Morgan fingerprint density at radius 1 is 1.18 bits per heavy atom. The number of hydrogen-bond acceptors (Lipinski definition) is 10. The average molecular weight is 476 g/mol. The Bertz CT molecular complexity index is 1120. The highest BCUT2D eigenvalue weighted by Gasteiger charge is 2.51. The van der Waals surface area contributed by atoms with Gasteiger partial charge in [-0.3, -0.25) is 14.4 Å². The van der Waals surface area contributed by atoms with Crippen molar-refractivity contribution < 1.29 is 37.7 Å². The molecule has 0 N–H and O–H groups in total. The Kier molecular flexibility index (Phi) is 7.76. The Labute approximate surface area is 192 Å². The zero-order valence-electron chi connectivity index (χ0n) is 18.4. The van der Waals surface area contributed by atoms with Crippen LogP contribution in [0.5, 0.6) is 0 Å². The van der Waals surface area contributed by atoms with E-state index in [1.165, 1.54) is 36.0 Å². The second kappa shape index (κ2) is 10.7. The maximum Gasteiger partial charge on any atom is 0.303 e. The molecule has 13 nitrogen and oxygen atoms in total. The summed E-state index contributed by atoms with van der Waals surface area (Å²) in [6.07, 6.45) is -3.56. The molecule has 1 aromatic heterocycles. The number of hydrogen-bond donors (Lipinski definition) is 0. The molecule has 2 aromatic rings. The lowest BCUT2D eigenvalue weighted by molar-refractivity contribution is -0.227. The van der Waals surface area contributed by atoms with Crippen LogP contribution < -0.4 is 0 Å². The molecule has 1 fully saturated rings. The lowest BCUT2D eigenvalue weighted by atomic mass is 9.95. The first-order chi connectivity index (χ1) is 16.2. The van der Waals surface area contributed by atoms with Crippen LogP contribution in [0.1, 0.15) is 26.8 Å². The van der Waals surface area contributed by atoms with Gasteiger partial charge in [0.25, 0.3) is 0 Å². The zero-order chi connectivity index (χ0) is 24.8. The molecule has 14 heteroatoms. The van der Waals surface area contributed by atoms with E-state index in [0.717, 1.165) is 13.8 Å².